The summed E-state index contributed by atoms with van der Waals surface area (Å²) in [6, 6.07) is 4.33. The number of nitrogens with two attached hydrogens (primary N) is 1. The van der Waals surface area contributed by atoms with Crippen molar-refractivity contribution in [2.45, 2.75) is 6.61 Å². The fourth-order valence-electron chi connectivity index (χ4n) is 1.31. The number of ether oxygens (including phenoxy) is 1. The summed E-state index contributed by atoms with van der Waals surface area (Å²) in [6.45, 7) is 0.227. The van der Waals surface area contributed by atoms with Gasteiger partial charge in [0.15, 0.2) is 11.6 Å². The fourth-order valence-corrected chi connectivity index (χ4v) is 1.31. The summed E-state index contributed by atoms with van der Waals surface area (Å²) >= 11 is 0. The first kappa shape index (κ1) is 10.5. The van der Waals surface area contributed by atoms with Gasteiger partial charge in [0.2, 0.25) is 0 Å². The predicted molar refractivity (Wildman–Crippen MR) is 58.4 cm³/mol. The van der Waals surface area contributed by atoms with Crippen LogP contribution < -0.4 is 10.5 Å². The van der Waals surface area contributed by atoms with E-state index in [2.05, 4.69) is 4.98 Å². The van der Waals surface area contributed by atoms with Gasteiger partial charge in [0.05, 0.1) is 0 Å². The Balaban J connectivity index is 2.08. The van der Waals surface area contributed by atoms with Gasteiger partial charge >= 0.3 is 0 Å². The van der Waals surface area contributed by atoms with Crippen molar-refractivity contribution in [2.75, 3.05) is 5.73 Å². The van der Waals surface area contributed by atoms with Crippen LogP contribution in [0.5, 0.6) is 5.75 Å². The van der Waals surface area contributed by atoms with Crippen molar-refractivity contribution in [2.24, 2.45) is 7.05 Å². The Bertz CT molecular complexity index is 496. The molecule has 5 heteroatoms. The van der Waals surface area contributed by atoms with E-state index in [9.17, 15) is 4.39 Å². The predicted octanol–water partition coefficient (Wildman–Crippen LogP) is 1.72. The second kappa shape index (κ2) is 4.22. The second-order valence-electron chi connectivity index (χ2n) is 3.43. The minimum absolute atomic E-state index is 0.178. The number of aryl methyl sites for hydroxylation is 1. The second-order valence-corrected chi connectivity index (χ2v) is 3.43. The lowest BCUT2D eigenvalue weighted by Gasteiger charge is -2.07. The Labute approximate surface area is 92.5 Å². The van der Waals surface area contributed by atoms with Gasteiger partial charge in [0.1, 0.15) is 12.4 Å². The molecule has 2 aromatic rings. The number of nitrogens with zero attached hydrogens (tertiary/aromatic N) is 2. The topological polar surface area (TPSA) is 53.1 Å². The minimum atomic E-state index is -0.464. The molecule has 1 aromatic heterocycles. The number of benzene rings is 1. The van der Waals surface area contributed by atoms with Crippen LogP contribution in [0.1, 0.15) is 5.82 Å². The van der Waals surface area contributed by atoms with Crippen molar-refractivity contribution in [1.82, 2.24) is 9.55 Å². The lowest BCUT2D eigenvalue weighted by molar-refractivity contribution is 0.277. The molecule has 0 unspecified atom stereocenters. The smallest absolute Gasteiger partial charge is 0.167 e. The number of hydrogen-bond donors (Lipinski definition) is 1. The van der Waals surface area contributed by atoms with Crippen LogP contribution in [-0.4, -0.2) is 9.55 Å². The first-order valence-electron chi connectivity index (χ1n) is 4.81. The van der Waals surface area contributed by atoms with Crippen LogP contribution in [0, 0.1) is 5.82 Å². The van der Waals surface area contributed by atoms with Crippen LogP contribution in [-0.2, 0) is 13.7 Å². The lowest BCUT2D eigenvalue weighted by Crippen LogP contribution is -2.04. The number of aromatic nitrogens is 2. The fraction of sp³-hybridized carbons (Fsp3) is 0.182. The van der Waals surface area contributed by atoms with Gasteiger partial charge < -0.3 is 15.0 Å². The third kappa shape index (κ3) is 2.13. The number of halogens is 1. The van der Waals surface area contributed by atoms with Crippen LogP contribution in [0.25, 0.3) is 0 Å². The molecular formula is C11H12FN3O. The van der Waals surface area contributed by atoms with E-state index >= 15 is 0 Å². The summed E-state index contributed by atoms with van der Waals surface area (Å²) in [5.41, 5.74) is 5.81. The van der Waals surface area contributed by atoms with Crippen LogP contribution in [0.15, 0.2) is 30.6 Å². The number of hydrogen-bond acceptors (Lipinski definition) is 3. The highest BCUT2D eigenvalue weighted by Crippen LogP contribution is 2.20. The van der Waals surface area contributed by atoms with Crippen LogP contribution in [0.4, 0.5) is 10.1 Å². The van der Waals surface area contributed by atoms with Crippen molar-refractivity contribution in [3.63, 3.8) is 0 Å². The van der Waals surface area contributed by atoms with E-state index in [-0.39, 0.29) is 12.4 Å². The first-order valence-corrected chi connectivity index (χ1v) is 4.81. The molecule has 1 heterocycles. The summed E-state index contributed by atoms with van der Waals surface area (Å²) in [5.74, 6) is 0.447. The Morgan fingerprint density at radius 3 is 2.94 bits per heavy atom. The molecule has 0 aliphatic carbocycles. The zero-order valence-corrected chi connectivity index (χ0v) is 8.85. The molecule has 0 atom stereocenters. The molecule has 1 aromatic carbocycles. The molecule has 0 saturated heterocycles. The molecule has 0 aliphatic heterocycles. The van der Waals surface area contributed by atoms with Crippen LogP contribution in [0.2, 0.25) is 0 Å². The summed E-state index contributed by atoms with van der Waals surface area (Å²) in [4.78, 5) is 4.07. The zero-order valence-electron chi connectivity index (χ0n) is 8.85. The van der Waals surface area contributed by atoms with Gasteiger partial charge in [0.25, 0.3) is 0 Å². The third-order valence-electron chi connectivity index (χ3n) is 2.23. The molecule has 0 saturated carbocycles. The zero-order chi connectivity index (χ0) is 11.5. The molecule has 0 bridgehead atoms. The van der Waals surface area contributed by atoms with E-state index in [1.54, 1.807) is 18.5 Å². The monoisotopic (exact) mass is 221 g/mol. The van der Waals surface area contributed by atoms with E-state index in [4.69, 9.17) is 10.5 Å². The van der Waals surface area contributed by atoms with Crippen molar-refractivity contribution in [3.05, 3.63) is 42.2 Å². The normalized spacial score (nSPS) is 10.4. The standard InChI is InChI=1S/C11H12FN3O/c1-15-5-4-14-11(15)7-16-10-3-2-8(13)6-9(10)12/h2-6H,7,13H2,1H3. The molecule has 0 aliphatic rings. The van der Waals surface area contributed by atoms with Gasteiger partial charge in [-0.3, -0.25) is 0 Å². The van der Waals surface area contributed by atoms with Gasteiger partial charge in [-0.25, -0.2) is 9.37 Å². The van der Waals surface area contributed by atoms with Crippen LogP contribution in [0.3, 0.4) is 0 Å². The summed E-state index contributed by atoms with van der Waals surface area (Å²) in [5, 5.41) is 0. The van der Waals surface area contributed by atoms with E-state index < -0.39 is 5.82 Å². The maximum Gasteiger partial charge on any atom is 0.167 e. The highest BCUT2D eigenvalue weighted by Gasteiger charge is 2.05. The molecule has 84 valence electrons. The molecule has 0 amide bonds. The summed E-state index contributed by atoms with van der Waals surface area (Å²) < 4.78 is 20.5. The average Bonchev–Trinajstić information content (AvgIpc) is 2.63. The molecule has 0 radical (unpaired) electrons. The highest BCUT2D eigenvalue weighted by atomic mass is 19.1. The van der Waals surface area contributed by atoms with Gasteiger partial charge in [-0.15, -0.1) is 0 Å². The third-order valence-corrected chi connectivity index (χ3v) is 2.23. The quantitative estimate of drug-likeness (QED) is 0.803. The van der Waals surface area contributed by atoms with Crippen molar-refractivity contribution in [3.8, 4) is 5.75 Å². The van der Waals surface area contributed by atoms with Gasteiger partial charge in [-0.2, -0.15) is 0 Å². The number of imidazole rings is 1. The molecule has 0 fully saturated rings. The first-order chi connectivity index (χ1) is 7.66. The molecule has 2 rings (SSSR count). The maximum atomic E-state index is 13.3. The van der Waals surface area contributed by atoms with Crippen molar-refractivity contribution >= 4 is 5.69 Å². The van der Waals surface area contributed by atoms with Crippen molar-refractivity contribution in [1.29, 1.82) is 0 Å². The number of nitrogen functional groups attached to an aromatic ring is 1. The van der Waals surface area contributed by atoms with E-state index in [1.807, 2.05) is 11.6 Å². The lowest BCUT2D eigenvalue weighted by atomic mass is 10.3. The van der Waals surface area contributed by atoms with Gasteiger partial charge in [0, 0.05) is 31.2 Å². The largest absolute Gasteiger partial charge is 0.483 e. The molecule has 4 nitrogen and oxygen atoms in total. The maximum absolute atomic E-state index is 13.3. The Kier molecular flexibility index (Phi) is 2.76. The molecule has 0 spiro atoms. The number of anilines is 1. The molecule has 2 N–H and O–H groups in total. The van der Waals surface area contributed by atoms with Gasteiger partial charge in [-0.1, -0.05) is 0 Å². The SMILES string of the molecule is Cn1ccnc1COc1ccc(N)cc1F. The Morgan fingerprint density at radius 2 is 2.31 bits per heavy atom. The van der Waals surface area contributed by atoms with Crippen LogP contribution >= 0.6 is 0 Å². The highest BCUT2D eigenvalue weighted by molar-refractivity contribution is 5.42. The average molecular weight is 221 g/mol. The van der Waals surface area contributed by atoms with E-state index in [0.29, 0.717) is 5.69 Å². The van der Waals surface area contributed by atoms with Gasteiger partial charge in [-0.05, 0) is 12.1 Å². The number of rotatable bonds is 3. The van der Waals surface area contributed by atoms with E-state index in [1.165, 1.54) is 12.1 Å². The minimum Gasteiger partial charge on any atom is -0.483 e. The molecule has 16 heavy (non-hydrogen) atoms. The summed E-state index contributed by atoms with van der Waals surface area (Å²) in [7, 11) is 1.85. The summed E-state index contributed by atoms with van der Waals surface area (Å²) in [6.07, 6.45) is 3.47. The Morgan fingerprint density at radius 1 is 1.50 bits per heavy atom. The molecular weight excluding hydrogens is 209 g/mol. The Hall–Kier alpha value is -2.04. The van der Waals surface area contributed by atoms with Crippen molar-refractivity contribution < 1.29 is 9.13 Å². The van der Waals surface area contributed by atoms with E-state index in [0.717, 1.165) is 5.82 Å².